The molecule has 2 rings (SSSR count). The molecule has 106 valence electrons. The summed E-state index contributed by atoms with van der Waals surface area (Å²) in [6.45, 7) is 4.71. The minimum Gasteiger partial charge on any atom is -0.463 e. The Labute approximate surface area is 116 Å². The summed E-state index contributed by atoms with van der Waals surface area (Å²) in [4.78, 5) is 29.7. The number of nitrogens with one attached hydrogen (secondary N) is 2. The molecule has 2 aromatic heterocycles. The molecule has 0 unspecified atom stereocenters. The largest absolute Gasteiger partial charge is 0.463 e. The van der Waals surface area contributed by atoms with E-state index in [9.17, 15) is 9.59 Å². The van der Waals surface area contributed by atoms with E-state index in [1.165, 1.54) is 12.3 Å². The van der Waals surface area contributed by atoms with Crippen molar-refractivity contribution in [3.63, 3.8) is 0 Å². The maximum Gasteiger partial charge on any atom is 0.346 e. The fraction of sp³-hybridized carbons (Fsp3) is 0.357. The van der Waals surface area contributed by atoms with Gasteiger partial charge in [0, 0.05) is 6.54 Å². The average Bonchev–Trinajstić information content (AvgIpc) is 2.91. The molecular weight excluding hydrogens is 258 g/mol. The van der Waals surface area contributed by atoms with Crippen LogP contribution < -0.4 is 11.0 Å². The number of nitrogens with zero attached hydrogens (tertiary/aromatic N) is 1. The molecule has 6 heteroatoms. The van der Waals surface area contributed by atoms with Crippen LogP contribution in [0.4, 0.5) is 0 Å². The van der Waals surface area contributed by atoms with Crippen LogP contribution in [0.15, 0.2) is 33.7 Å². The van der Waals surface area contributed by atoms with Crippen LogP contribution in [0, 0.1) is 5.92 Å². The SMILES string of the molecule is CC(C)CCNC(=O)c1cc(-c2ccco2)[nH]c(=O)n1. The lowest BCUT2D eigenvalue weighted by Gasteiger charge is -2.07. The minimum absolute atomic E-state index is 0.0870. The standard InChI is InChI=1S/C14H17N3O3/c1-9(2)5-6-15-13(18)11-8-10(16-14(19)17-11)12-4-3-7-20-12/h3-4,7-9H,5-6H2,1-2H3,(H,15,18)(H,16,17,19). The fourth-order valence-electron chi connectivity index (χ4n) is 1.70. The number of amides is 1. The van der Waals surface area contributed by atoms with Gasteiger partial charge in [-0.15, -0.1) is 0 Å². The molecule has 0 aliphatic carbocycles. The zero-order chi connectivity index (χ0) is 14.5. The van der Waals surface area contributed by atoms with E-state index in [-0.39, 0.29) is 11.6 Å². The summed E-state index contributed by atoms with van der Waals surface area (Å²) in [5.74, 6) is 0.631. The first-order chi connectivity index (χ1) is 9.56. The Morgan fingerprint density at radius 3 is 2.95 bits per heavy atom. The number of carbonyl (C=O) groups is 1. The van der Waals surface area contributed by atoms with Crippen LogP contribution in [0.5, 0.6) is 0 Å². The number of hydrogen-bond donors (Lipinski definition) is 2. The van der Waals surface area contributed by atoms with Crippen molar-refractivity contribution in [3.8, 4) is 11.5 Å². The van der Waals surface area contributed by atoms with Crippen molar-refractivity contribution in [3.05, 3.63) is 40.6 Å². The van der Waals surface area contributed by atoms with Crippen molar-refractivity contribution in [1.82, 2.24) is 15.3 Å². The van der Waals surface area contributed by atoms with Crippen LogP contribution in [0.25, 0.3) is 11.5 Å². The molecule has 2 heterocycles. The van der Waals surface area contributed by atoms with E-state index in [1.54, 1.807) is 12.1 Å². The van der Waals surface area contributed by atoms with E-state index in [4.69, 9.17) is 4.42 Å². The van der Waals surface area contributed by atoms with Gasteiger partial charge in [-0.1, -0.05) is 13.8 Å². The van der Waals surface area contributed by atoms with Crippen LogP contribution in [0.1, 0.15) is 30.8 Å². The highest BCUT2D eigenvalue weighted by Gasteiger charge is 2.12. The Kier molecular flexibility index (Phi) is 4.34. The molecule has 1 amide bonds. The molecule has 0 fully saturated rings. The first kappa shape index (κ1) is 14.0. The zero-order valence-electron chi connectivity index (χ0n) is 11.5. The number of rotatable bonds is 5. The van der Waals surface area contributed by atoms with E-state index in [2.05, 4.69) is 29.1 Å². The number of furan rings is 1. The van der Waals surface area contributed by atoms with Crippen LogP contribution >= 0.6 is 0 Å². The monoisotopic (exact) mass is 275 g/mol. The summed E-state index contributed by atoms with van der Waals surface area (Å²) in [5.41, 5.74) is -0.0548. The van der Waals surface area contributed by atoms with Crippen LogP contribution in [-0.2, 0) is 0 Å². The molecule has 2 aromatic rings. The summed E-state index contributed by atoms with van der Waals surface area (Å²) in [6, 6.07) is 4.91. The molecule has 0 atom stereocenters. The first-order valence-electron chi connectivity index (χ1n) is 6.49. The van der Waals surface area contributed by atoms with Crippen molar-refractivity contribution in [2.24, 2.45) is 5.92 Å². The van der Waals surface area contributed by atoms with E-state index in [0.717, 1.165) is 6.42 Å². The van der Waals surface area contributed by atoms with Gasteiger partial charge in [-0.25, -0.2) is 4.79 Å². The van der Waals surface area contributed by atoms with Gasteiger partial charge >= 0.3 is 5.69 Å². The molecule has 0 saturated heterocycles. The third kappa shape index (κ3) is 3.57. The van der Waals surface area contributed by atoms with Crippen molar-refractivity contribution >= 4 is 5.91 Å². The average molecular weight is 275 g/mol. The maximum absolute atomic E-state index is 11.9. The molecule has 0 radical (unpaired) electrons. The minimum atomic E-state index is -0.576. The number of aromatic amines is 1. The van der Waals surface area contributed by atoms with Gasteiger partial charge in [0.05, 0.1) is 12.0 Å². The van der Waals surface area contributed by atoms with E-state index in [1.807, 2.05) is 0 Å². The summed E-state index contributed by atoms with van der Waals surface area (Å²) in [7, 11) is 0. The number of hydrogen-bond acceptors (Lipinski definition) is 4. The van der Waals surface area contributed by atoms with E-state index >= 15 is 0 Å². The summed E-state index contributed by atoms with van der Waals surface area (Å²) >= 11 is 0. The second kappa shape index (κ2) is 6.18. The predicted molar refractivity (Wildman–Crippen MR) is 74.3 cm³/mol. The smallest absolute Gasteiger partial charge is 0.346 e. The molecule has 0 saturated carbocycles. The van der Waals surface area contributed by atoms with Crippen molar-refractivity contribution < 1.29 is 9.21 Å². The fourth-order valence-corrected chi connectivity index (χ4v) is 1.70. The summed E-state index contributed by atoms with van der Waals surface area (Å²) in [6.07, 6.45) is 2.37. The highest BCUT2D eigenvalue weighted by molar-refractivity contribution is 5.92. The lowest BCUT2D eigenvalue weighted by atomic mass is 10.1. The van der Waals surface area contributed by atoms with Crippen LogP contribution in [-0.4, -0.2) is 22.4 Å². The number of H-pyrrole nitrogens is 1. The Balaban J connectivity index is 2.16. The zero-order valence-corrected chi connectivity index (χ0v) is 11.5. The molecule has 6 nitrogen and oxygen atoms in total. The Morgan fingerprint density at radius 1 is 1.50 bits per heavy atom. The van der Waals surface area contributed by atoms with Crippen molar-refractivity contribution in [2.75, 3.05) is 6.54 Å². The van der Waals surface area contributed by atoms with Gasteiger partial charge in [-0.2, -0.15) is 4.98 Å². The molecule has 0 aromatic carbocycles. The maximum atomic E-state index is 11.9. The highest BCUT2D eigenvalue weighted by atomic mass is 16.3. The Morgan fingerprint density at radius 2 is 2.30 bits per heavy atom. The van der Waals surface area contributed by atoms with Crippen LogP contribution in [0.3, 0.4) is 0 Å². The predicted octanol–water partition coefficient (Wildman–Crippen LogP) is 1.81. The van der Waals surface area contributed by atoms with Gasteiger partial charge < -0.3 is 14.7 Å². The lowest BCUT2D eigenvalue weighted by molar-refractivity contribution is 0.0946. The first-order valence-corrected chi connectivity index (χ1v) is 6.49. The van der Waals surface area contributed by atoms with Gasteiger partial charge in [-0.05, 0) is 30.5 Å². The number of aromatic nitrogens is 2. The summed E-state index contributed by atoms with van der Waals surface area (Å²) in [5, 5.41) is 2.75. The topological polar surface area (TPSA) is 88.0 Å². The molecule has 2 N–H and O–H groups in total. The van der Waals surface area contributed by atoms with Gasteiger partial charge in [-0.3, -0.25) is 4.79 Å². The molecule has 20 heavy (non-hydrogen) atoms. The van der Waals surface area contributed by atoms with Crippen molar-refractivity contribution in [1.29, 1.82) is 0 Å². The van der Waals surface area contributed by atoms with Crippen molar-refractivity contribution in [2.45, 2.75) is 20.3 Å². The second-order valence-electron chi connectivity index (χ2n) is 4.90. The van der Waals surface area contributed by atoms with Gasteiger partial charge in [0.15, 0.2) is 0 Å². The third-order valence-corrected chi connectivity index (χ3v) is 2.77. The molecule has 0 aliphatic heterocycles. The molecule has 0 bridgehead atoms. The quantitative estimate of drug-likeness (QED) is 0.871. The normalized spacial score (nSPS) is 10.8. The molecule has 0 aliphatic rings. The van der Waals surface area contributed by atoms with Crippen LogP contribution in [0.2, 0.25) is 0 Å². The Bertz CT molecular complexity index is 629. The second-order valence-corrected chi connectivity index (χ2v) is 4.90. The van der Waals surface area contributed by atoms with E-state index in [0.29, 0.717) is 23.9 Å². The molecule has 0 spiro atoms. The van der Waals surface area contributed by atoms with Gasteiger partial charge in [0.1, 0.15) is 11.5 Å². The lowest BCUT2D eigenvalue weighted by Crippen LogP contribution is -2.28. The summed E-state index contributed by atoms with van der Waals surface area (Å²) < 4.78 is 5.19. The van der Waals surface area contributed by atoms with Gasteiger partial charge in [0.25, 0.3) is 5.91 Å². The van der Waals surface area contributed by atoms with Gasteiger partial charge in [0.2, 0.25) is 0 Å². The highest BCUT2D eigenvalue weighted by Crippen LogP contribution is 2.16. The molecular formula is C14H17N3O3. The Hall–Kier alpha value is -2.37. The number of carbonyl (C=O) groups excluding carboxylic acids is 1. The van der Waals surface area contributed by atoms with E-state index < -0.39 is 5.69 Å². The third-order valence-electron chi connectivity index (χ3n) is 2.77.